The molecule has 0 saturated carbocycles. The summed E-state index contributed by atoms with van der Waals surface area (Å²) in [6.45, 7) is 0. The van der Waals surface area contributed by atoms with Gasteiger partial charge >= 0.3 is 11.9 Å². The van der Waals surface area contributed by atoms with Gasteiger partial charge in [0, 0.05) is 12.1 Å². The first-order valence-corrected chi connectivity index (χ1v) is 6.15. The van der Waals surface area contributed by atoms with Crippen molar-refractivity contribution in [2.45, 2.75) is 16.6 Å². The van der Waals surface area contributed by atoms with Crippen LogP contribution < -0.4 is 0 Å². The van der Waals surface area contributed by atoms with Gasteiger partial charge in [0.15, 0.2) is 4.90 Å². The van der Waals surface area contributed by atoms with Crippen molar-refractivity contribution in [2.75, 3.05) is 0 Å². The van der Waals surface area contributed by atoms with Crippen molar-refractivity contribution in [3.05, 3.63) is 38.4 Å². The summed E-state index contributed by atoms with van der Waals surface area (Å²) in [6, 6.07) is 3.05. The predicted molar refractivity (Wildman–Crippen MR) is 69.3 cm³/mol. The molecule has 1 aromatic rings. The number of nitro groups is 2. The lowest BCUT2D eigenvalue weighted by atomic mass is 10.3. The second kappa shape index (κ2) is 6.65. The Kier molecular flexibility index (Phi) is 5.18. The Morgan fingerprint density at radius 3 is 1.95 bits per heavy atom. The van der Waals surface area contributed by atoms with E-state index in [9.17, 15) is 29.8 Å². The van der Waals surface area contributed by atoms with E-state index in [-0.39, 0.29) is 11.8 Å². The molecule has 0 aromatic heterocycles. The second-order valence-electron chi connectivity index (χ2n) is 3.68. The van der Waals surface area contributed by atoms with E-state index < -0.39 is 49.7 Å². The van der Waals surface area contributed by atoms with Crippen LogP contribution >= 0.6 is 11.8 Å². The van der Waals surface area contributed by atoms with Gasteiger partial charge in [-0.15, -0.1) is 0 Å². The van der Waals surface area contributed by atoms with E-state index in [0.717, 1.165) is 18.2 Å². The number of carboxylic acids is 2. The van der Waals surface area contributed by atoms with Gasteiger partial charge in [0.25, 0.3) is 11.4 Å². The molecule has 1 atom stereocenters. The molecule has 2 N–H and O–H groups in total. The number of nitrogens with zero attached hydrogens (tertiary/aromatic N) is 2. The van der Waals surface area contributed by atoms with Crippen LogP contribution in [0.2, 0.25) is 0 Å². The fourth-order valence-corrected chi connectivity index (χ4v) is 2.54. The van der Waals surface area contributed by atoms with E-state index in [0.29, 0.717) is 0 Å². The van der Waals surface area contributed by atoms with E-state index in [1.807, 2.05) is 0 Å². The maximum atomic E-state index is 11.0. The fraction of sp³-hybridized carbons (Fsp3) is 0.200. The highest BCUT2D eigenvalue weighted by atomic mass is 32.2. The summed E-state index contributed by atoms with van der Waals surface area (Å²) in [6.07, 6.45) is -0.830. The zero-order valence-electron chi connectivity index (χ0n) is 10.2. The van der Waals surface area contributed by atoms with E-state index >= 15 is 0 Å². The van der Waals surface area contributed by atoms with Gasteiger partial charge in [0.05, 0.1) is 16.3 Å². The van der Waals surface area contributed by atoms with Crippen LogP contribution in [-0.2, 0) is 9.59 Å². The van der Waals surface area contributed by atoms with Crippen LogP contribution in [0.1, 0.15) is 6.42 Å². The summed E-state index contributed by atoms with van der Waals surface area (Å²) in [5.74, 6) is -2.97. The lowest BCUT2D eigenvalue weighted by Gasteiger charge is -2.10. The number of carboxylic acid groups (broad SMARTS) is 2. The molecule has 10 nitrogen and oxygen atoms in total. The fourth-order valence-electron chi connectivity index (χ4n) is 1.40. The minimum atomic E-state index is -1.58. The van der Waals surface area contributed by atoms with Crippen molar-refractivity contribution >= 4 is 35.1 Å². The summed E-state index contributed by atoms with van der Waals surface area (Å²) in [4.78, 5) is 41.1. The SMILES string of the molecule is O=C(O)CC(Sc1c([N+](=O)[O-])cccc1[N+](=O)[O-])C(=O)O. The van der Waals surface area contributed by atoms with Crippen molar-refractivity contribution in [1.82, 2.24) is 0 Å². The highest BCUT2D eigenvalue weighted by molar-refractivity contribution is 8.00. The smallest absolute Gasteiger partial charge is 0.317 e. The molecule has 0 amide bonds. The van der Waals surface area contributed by atoms with Crippen molar-refractivity contribution in [1.29, 1.82) is 0 Å². The standard InChI is InChI=1S/C10H8N2O8S/c13-8(14)4-7(10(15)16)21-9-5(11(17)18)2-1-3-6(9)12(19)20/h1-3,7H,4H2,(H,13,14)(H,15,16). The summed E-state index contributed by atoms with van der Waals surface area (Å²) in [7, 11) is 0. The van der Waals surface area contributed by atoms with Gasteiger partial charge in [-0.2, -0.15) is 0 Å². The zero-order valence-corrected chi connectivity index (χ0v) is 11.0. The Balaban J connectivity index is 3.31. The second-order valence-corrected chi connectivity index (χ2v) is 4.90. The van der Waals surface area contributed by atoms with Gasteiger partial charge in [0.2, 0.25) is 0 Å². The Bertz CT molecular complexity index is 585. The Labute approximate surface area is 120 Å². The van der Waals surface area contributed by atoms with Gasteiger partial charge in [-0.25, -0.2) is 0 Å². The molecule has 11 heteroatoms. The highest BCUT2D eigenvalue weighted by Gasteiger charge is 2.31. The molecule has 0 heterocycles. The van der Waals surface area contributed by atoms with Gasteiger partial charge < -0.3 is 10.2 Å². The Morgan fingerprint density at radius 1 is 1.14 bits per heavy atom. The molecule has 21 heavy (non-hydrogen) atoms. The summed E-state index contributed by atoms with van der Waals surface area (Å²) in [5, 5.41) is 37.7. The summed E-state index contributed by atoms with van der Waals surface area (Å²) < 4.78 is 0. The van der Waals surface area contributed by atoms with E-state index in [2.05, 4.69) is 0 Å². The van der Waals surface area contributed by atoms with Crippen LogP contribution in [0.15, 0.2) is 23.1 Å². The number of nitro benzene ring substituents is 2. The molecule has 1 unspecified atom stereocenters. The molecular formula is C10H8N2O8S. The minimum absolute atomic E-state index is 0.271. The van der Waals surface area contributed by atoms with Crippen LogP contribution in [0.5, 0.6) is 0 Å². The van der Waals surface area contributed by atoms with Crippen LogP contribution in [0, 0.1) is 20.2 Å². The van der Waals surface area contributed by atoms with Crippen LogP contribution in [0.3, 0.4) is 0 Å². The topological polar surface area (TPSA) is 161 Å². The number of carbonyl (C=O) groups is 2. The van der Waals surface area contributed by atoms with Gasteiger partial charge in [-0.3, -0.25) is 29.8 Å². The lowest BCUT2D eigenvalue weighted by molar-refractivity contribution is -0.399. The van der Waals surface area contributed by atoms with Crippen molar-refractivity contribution in [3.63, 3.8) is 0 Å². The minimum Gasteiger partial charge on any atom is -0.481 e. The highest BCUT2D eigenvalue weighted by Crippen LogP contribution is 2.40. The average molecular weight is 316 g/mol. The largest absolute Gasteiger partial charge is 0.481 e. The molecule has 1 aromatic carbocycles. The van der Waals surface area contributed by atoms with Crippen molar-refractivity contribution in [3.8, 4) is 0 Å². The maximum Gasteiger partial charge on any atom is 0.317 e. The third-order valence-corrected chi connectivity index (χ3v) is 3.57. The first-order valence-electron chi connectivity index (χ1n) is 5.27. The molecule has 0 aliphatic carbocycles. The number of aliphatic carboxylic acids is 2. The molecule has 0 aliphatic heterocycles. The van der Waals surface area contributed by atoms with Crippen LogP contribution in [0.25, 0.3) is 0 Å². The predicted octanol–water partition coefficient (Wildman–Crippen LogP) is 1.52. The van der Waals surface area contributed by atoms with Crippen molar-refractivity contribution in [2.24, 2.45) is 0 Å². The summed E-state index contributed by atoms with van der Waals surface area (Å²) >= 11 is 0.271. The molecule has 0 aliphatic rings. The molecule has 0 fully saturated rings. The van der Waals surface area contributed by atoms with E-state index in [4.69, 9.17) is 10.2 Å². The molecule has 0 spiro atoms. The quantitative estimate of drug-likeness (QED) is 0.431. The Morgan fingerprint density at radius 2 is 1.62 bits per heavy atom. The third-order valence-electron chi connectivity index (χ3n) is 2.26. The van der Waals surface area contributed by atoms with E-state index in [1.54, 1.807) is 0 Å². The van der Waals surface area contributed by atoms with E-state index in [1.165, 1.54) is 0 Å². The number of rotatable bonds is 7. The number of benzene rings is 1. The van der Waals surface area contributed by atoms with Gasteiger partial charge in [0.1, 0.15) is 5.25 Å². The van der Waals surface area contributed by atoms with Crippen LogP contribution in [-0.4, -0.2) is 37.2 Å². The molecule has 0 radical (unpaired) electrons. The Hall–Kier alpha value is -2.69. The third kappa shape index (κ3) is 4.14. The number of hydrogen-bond acceptors (Lipinski definition) is 7. The number of hydrogen-bond donors (Lipinski definition) is 2. The summed E-state index contributed by atoms with van der Waals surface area (Å²) in [5.41, 5.74) is -1.29. The maximum absolute atomic E-state index is 11.0. The van der Waals surface area contributed by atoms with Crippen LogP contribution in [0.4, 0.5) is 11.4 Å². The molecular weight excluding hydrogens is 308 g/mol. The lowest BCUT2D eigenvalue weighted by Crippen LogP contribution is -2.20. The molecule has 1 rings (SSSR count). The molecule has 0 bridgehead atoms. The first kappa shape index (κ1) is 16.4. The normalized spacial score (nSPS) is 11.6. The first-order chi connectivity index (χ1) is 9.73. The van der Waals surface area contributed by atoms with Crippen molar-refractivity contribution < 1.29 is 29.6 Å². The molecule has 112 valence electrons. The van der Waals surface area contributed by atoms with Gasteiger partial charge in [-0.05, 0) is 6.07 Å². The molecule has 0 saturated heterocycles. The monoisotopic (exact) mass is 316 g/mol. The van der Waals surface area contributed by atoms with Gasteiger partial charge in [-0.1, -0.05) is 11.8 Å². The number of thioether (sulfide) groups is 1. The average Bonchev–Trinajstić information content (AvgIpc) is 2.36. The zero-order chi connectivity index (χ0) is 16.2.